The van der Waals surface area contributed by atoms with Crippen molar-refractivity contribution in [3.05, 3.63) is 35.9 Å². The standard InChI is InChI=1S/C20H29N5O2S/c1-4-23(5-2)18(26)16(3)28-20-22-21-19(24-11-13-27-14-12-24)25(20)15-17-9-7-6-8-10-17/h6-10,16H,4-5,11-15H2,1-3H3. The van der Waals surface area contributed by atoms with Gasteiger partial charge in [0.2, 0.25) is 11.9 Å². The van der Waals surface area contributed by atoms with Gasteiger partial charge in [0.05, 0.1) is 25.0 Å². The van der Waals surface area contributed by atoms with Gasteiger partial charge in [0.25, 0.3) is 0 Å². The molecule has 7 nitrogen and oxygen atoms in total. The van der Waals surface area contributed by atoms with E-state index in [-0.39, 0.29) is 11.2 Å². The van der Waals surface area contributed by atoms with E-state index in [1.54, 1.807) is 0 Å². The minimum absolute atomic E-state index is 0.136. The molecular formula is C20H29N5O2S. The Bertz CT molecular complexity index is 757. The SMILES string of the molecule is CCN(CC)C(=O)C(C)Sc1nnc(N2CCOCC2)n1Cc1ccccc1. The average molecular weight is 404 g/mol. The third-order valence-corrected chi connectivity index (χ3v) is 5.95. The lowest BCUT2D eigenvalue weighted by Crippen LogP contribution is -2.38. The molecule has 1 aliphatic rings. The van der Waals surface area contributed by atoms with Crippen molar-refractivity contribution in [2.24, 2.45) is 0 Å². The molecule has 0 radical (unpaired) electrons. The monoisotopic (exact) mass is 403 g/mol. The molecule has 8 heteroatoms. The molecule has 152 valence electrons. The average Bonchev–Trinajstić information content (AvgIpc) is 3.12. The Labute approximate surface area is 171 Å². The number of hydrogen-bond acceptors (Lipinski definition) is 6. The van der Waals surface area contributed by atoms with Crippen LogP contribution in [0.3, 0.4) is 0 Å². The highest BCUT2D eigenvalue weighted by atomic mass is 32.2. The van der Waals surface area contributed by atoms with Gasteiger partial charge < -0.3 is 14.5 Å². The number of rotatable bonds is 8. The van der Waals surface area contributed by atoms with E-state index in [1.807, 2.05) is 43.9 Å². The summed E-state index contributed by atoms with van der Waals surface area (Å²) in [5.41, 5.74) is 1.18. The number of benzene rings is 1. The van der Waals surface area contributed by atoms with Gasteiger partial charge in [0.15, 0.2) is 5.16 Å². The van der Waals surface area contributed by atoms with Gasteiger partial charge in [-0.05, 0) is 26.3 Å². The molecule has 1 unspecified atom stereocenters. The van der Waals surface area contributed by atoms with E-state index in [0.717, 1.165) is 37.3 Å². The van der Waals surface area contributed by atoms with Crippen LogP contribution in [0.1, 0.15) is 26.3 Å². The maximum Gasteiger partial charge on any atom is 0.235 e. The number of carbonyl (C=O) groups is 1. The van der Waals surface area contributed by atoms with E-state index in [0.29, 0.717) is 19.8 Å². The lowest BCUT2D eigenvalue weighted by molar-refractivity contribution is -0.129. The second kappa shape index (κ2) is 9.93. The van der Waals surface area contributed by atoms with Gasteiger partial charge in [-0.15, -0.1) is 10.2 Å². The van der Waals surface area contributed by atoms with Crippen LogP contribution in [0.5, 0.6) is 0 Å². The summed E-state index contributed by atoms with van der Waals surface area (Å²) in [5, 5.41) is 9.48. The van der Waals surface area contributed by atoms with Gasteiger partial charge in [0, 0.05) is 26.2 Å². The van der Waals surface area contributed by atoms with Gasteiger partial charge in [-0.2, -0.15) is 0 Å². The van der Waals surface area contributed by atoms with Crippen molar-refractivity contribution in [1.29, 1.82) is 0 Å². The normalized spacial score (nSPS) is 15.5. The Morgan fingerprint density at radius 2 is 1.86 bits per heavy atom. The number of carbonyl (C=O) groups excluding carboxylic acids is 1. The summed E-state index contributed by atoms with van der Waals surface area (Å²) in [6.45, 7) is 11.1. The topological polar surface area (TPSA) is 63.5 Å². The van der Waals surface area contributed by atoms with E-state index in [4.69, 9.17) is 4.74 Å². The third kappa shape index (κ3) is 4.86. The molecule has 2 aromatic rings. The zero-order valence-corrected chi connectivity index (χ0v) is 17.7. The lowest BCUT2D eigenvalue weighted by Gasteiger charge is -2.28. The summed E-state index contributed by atoms with van der Waals surface area (Å²) in [6.07, 6.45) is 0. The van der Waals surface area contributed by atoms with Gasteiger partial charge in [-0.25, -0.2) is 0 Å². The first-order chi connectivity index (χ1) is 13.6. The van der Waals surface area contributed by atoms with Gasteiger partial charge in [0.1, 0.15) is 0 Å². The summed E-state index contributed by atoms with van der Waals surface area (Å²) >= 11 is 1.48. The lowest BCUT2D eigenvalue weighted by atomic mass is 10.2. The fourth-order valence-electron chi connectivity index (χ4n) is 3.27. The number of amides is 1. The van der Waals surface area contributed by atoms with Crippen molar-refractivity contribution in [3.63, 3.8) is 0 Å². The van der Waals surface area contributed by atoms with Crippen LogP contribution in [0.4, 0.5) is 5.95 Å². The highest BCUT2D eigenvalue weighted by molar-refractivity contribution is 8.00. The van der Waals surface area contributed by atoms with Crippen LogP contribution in [0.2, 0.25) is 0 Å². The summed E-state index contributed by atoms with van der Waals surface area (Å²) in [7, 11) is 0. The van der Waals surface area contributed by atoms with Gasteiger partial charge in [-0.3, -0.25) is 9.36 Å². The Morgan fingerprint density at radius 3 is 2.50 bits per heavy atom. The van der Waals surface area contributed by atoms with E-state index >= 15 is 0 Å². The molecule has 1 atom stereocenters. The molecule has 3 rings (SSSR count). The quantitative estimate of drug-likeness (QED) is 0.631. The molecule has 1 aromatic heterocycles. The predicted molar refractivity (Wildman–Crippen MR) is 112 cm³/mol. The van der Waals surface area contributed by atoms with E-state index < -0.39 is 0 Å². The number of anilines is 1. The summed E-state index contributed by atoms with van der Waals surface area (Å²) in [4.78, 5) is 16.8. The molecule has 0 bridgehead atoms. The Morgan fingerprint density at radius 1 is 1.18 bits per heavy atom. The highest BCUT2D eigenvalue weighted by Crippen LogP contribution is 2.28. The molecular weight excluding hydrogens is 374 g/mol. The molecule has 2 heterocycles. The maximum absolute atomic E-state index is 12.7. The number of thioether (sulfide) groups is 1. The van der Waals surface area contributed by atoms with Gasteiger partial charge in [-0.1, -0.05) is 42.1 Å². The van der Waals surface area contributed by atoms with Crippen molar-refractivity contribution >= 4 is 23.6 Å². The molecule has 1 amide bonds. The fraction of sp³-hybridized carbons (Fsp3) is 0.550. The van der Waals surface area contributed by atoms with Crippen LogP contribution in [-0.2, 0) is 16.1 Å². The highest BCUT2D eigenvalue weighted by Gasteiger charge is 2.25. The molecule has 1 aliphatic heterocycles. The summed E-state index contributed by atoms with van der Waals surface area (Å²) in [6, 6.07) is 10.3. The van der Waals surface area contributed by atoms with Gasteiger partial charge >= 0.3 is 0 Å². The number of morpholine rings is 1. The number of hydrogen-bond donors (Lipinski definition) is 0. The predicted octanol–water partition coefficient (Wildman–Crippen LogP) is 2.51. The van der Waals surface area contributed by atoms with Crippen LogP contribution < -0.4 is 4.90 Å². The third-order valence-electron chi connectivity index (χ3n) is 4.88. The Kier molecular flexibility index (Phi) is 7.33. The molecule has 1 aromatic carbocycles. The van der Waals surface area contributed by atoms with Crippen molar-refractivity contribution in [3.8, 4) is 0 Å². The summed E-state index contributed by atoms with van der Waals surface area (Å²) < 4.78 is 7.60. The number of ether oxygens (including phenoxy) is 1. The van der Waals surface area contributed by atoms with Crippen molar-refractivity contribution in [2.75, 3.05) is 44.3 Å². The van der Waals surface area contributed by atoms with Crippen LogP contribution >= 0.6 is 11.8 Å². The van der Waals surface area contributed by atoms with Crippen molar-refractivity contribution < 1.29 is 9.53 Å². The molecule has 1 fully saturated rings. The first-order valence-electron chi connectivity index (χ1n) is 9.89. The van der Waals surface area contributed by atoms with Crippen LogP contribution in [0, 0.1) is 0 Å². The zero-order valence-electron chi connectivity index (χ0n) is 16.9. The smallest absolute Gasteiger partial charge is 0.235 e. The molecule has 0 aliphatic carbocycles. The Balaban J connectivity index is 1.85. The molecule has 0 spiro atoms. The van der Waals surface area contributed by atoms with Crippen LogP contribution in [0.25, 0.3) is 0 Å². The van der Waals surface area contributed by atoms with E-state index in [1.165, 1.54) is 17.3 Å². The van der Waals surface area contributed by atoms with E-state index in [2.05, 4.69) is 31.8 Å². The summed E-state index contributed by atoms with van der Waals surface area (Å²) in [5.74, 6) is 0.981. The number of aromatic nitrogens is 3. The Hall–Kier alpha value is -2.06. The maximum atomic E-state index is 12.7. The van der Waals surface area contributed by atoms with Crippen LogP contribution in [0.15, 0.2) is 35.5 Å². The molecule has 0 N–H and O–H groups in total. The van der Waals surface area contributed by atoms with E-state index in [9.17, 15) is 4.79 Å². The second-order valence-corrected chi connectivity index (χ2v) is 8.03. The van der Waals surface area contributed by atoms with Crippen LogP contribution in [-0.4, -0.2) is 70.2 Å². The minimum atomic E-state index is -0.212. The number of nitrogens with zero attached hydrogens (tertiary/aromatic N) is 5. The largest absolute Gasteiger partial charge is 0.378 e. The van der Waals surface area contributed by atoms with Crippen molar-refractivity contribution in [2.45, 2.75) is 37.7 Å². The first kappa shape index (κ1) is 20.7. The fourth-order valence-corrected chi connectivity index (χ4v) is 4.20. The van der Waals surface area contributed by atoms with Crippen molar-refractivity contribution in [1.82, 2.24) is 19.7 Å². The zero-order chi connectivity index (χ0) is 19.9. The molecule has 0 saturated carbocycles. The molecule has 28 heavy (non-hydrogen) atoms. The first-order valence-corrected chi connectivity index (χ1v) is 10.8. The molecule has 1 saturated heterocycles. The minimum Gasteiger partial charge on any atom is -0.378 e. The second-order valence-electron chi connectivity index (χ2n) is 6.72.